The van der Waals surface area contributed by atoms with E-state index in [4.69, 9.17) is 0 Å². The number of nitrogens with zero attached hydrogens (tertiary/aromatic N) is 1. The zero-order chi connectivity index (χ0) is 11.5. The van der Waals surface area contributed by atoms with Gasteiger partial charge in [-0.1, -0.05) is 24.3 Å². The van der Waals surface area contributed by atoms with Crippen LogP contribution in [0.5, 0.6) is 0 Å². The van der Waals surface area contributed by atoms with Crippen molar-refractivity contribution >= 4 is 6.29 Å². The minimum absolute atomic E-state index is 0.407. The van der Waals surface area contributed by atoms with Crippen LogP contribution in [0.25, 0.3) is 11.3 Å². The van der Waals surface area contributed by atoms with E-state index in [0.717, 1.165) is 12.0 Å². The number of aromatic amines is 1. The van der Waals surface area contributed by atoms with E-state index < -0.39 is 5.69 Å². The summed E-state index contributed by atoms with van der Waals surface area (Å²) in [7, 11) is 0. The van der Waals surface area contributed by atoms with Crippen LogP contribution in [0.1, 0.15) is 16.1 Å². The van der Waals surface area contributed by atoms with Crippen LogP contribution in [-0.4, -0.2) is 16.3 Å². The van der Waals surface area contributed by atoms with Gasteiger partial charge in [0, 0.05) is 16.8 Å². The van der Waals surface area contributed by atoms with Crippen molar-refractivity contribution in [2.75, 3.05) is 0 Å². The first-order chi connectivity index (χ1) is 7.70. The standard InChI is InChI=1S/C12H10N2O2/c1-8-6-11(14-12(16)13-8)10-5-3-2-4-9(10)7-15/h2-7H,1H3,(H,13,14,16). The number of hydrogen-bond donors (Lipinski definition) is 1. The van der Waals surface area contributed by atoms with Gasteiger partial charge in [0.15, 0.2) is 6.29 Å². The number of aldehydes is 1. The van der Waals surface area contributed by atoms with E-state index in [1.165, 1.54) is 0 Å². The average Bonchev–Trinajstić information content (AvgIpc) is 2.27. The number of carbonyl (C=O) groups excluding carboxylic acids is 1. The molecule has 4 heteroatoms. The predicted octanol–water partition coefficient (Wildman–Crippen LogP) is 1.56. The minimum atomic E-state index is -0.407. The number of aryl methyl sites for hydroxylation is 1. The average molecular weight is 214 g/mol. The summed E-state index contributed by atoms with van der Waals surface area (Å²) < 4.78 is 0. The van der Waals surface area contributed by atoms with Crippen molar-refractivity contribution in [2.45, 2.75) is 6.92 Å². The quantitative estimate of drug-likeness (QED) is 0.771. The maximum atomic E-state index is 11.2. The van der Waals surface area contributed by atoms with Gasteiger partial charge < -0.3 is 4.98 Å². The van der Waals surface area contributed by atoms with Crippen molar-refractivity contribution < 1.29 is 4.79 Å². The van der Waals surface area contributed by atoms with Gasteiger partial charge in [-0.15, -0.1) is 0 Å². The normalized spacial score (nSPS) is 10.1. The van der Waals surface area contributed by atoms with Gasteiger partial charge in [0.25, 0.3) is 0 Å². The molecule has 0 bridgehead atoms. The maximum Gasteiger partial charge on any atom is 0.345 e. The Balaban J connectivity index is 2.67. The van der Waals surface area contributed by atoms with E-state index in [-0.39, 0.29) is 0 Å². The summed E-state index contributed by atoms with van der Waals surface area (Å²) in [6.07, 6.45) is 0.757. The van der Waals surface area contributed by atoms with Crippen molar-refractivity contribution in [3.63, 3.8) is 0 Å². The van der Waals surface area contributed by atoms with Crippen molar-refractivity contribution in [1.29, 1.82) is 0 Å². The molecule has 2 aromatic rings. The Bertz CT molecular complexity index is 588. The smallest absolute Gasteiger partial charge is 0.310 e. The molecule has 1 N–H and O–H groups in total. The predicted molar refractivity (Wildman–Crippen MR) is 60.4 cm³/mol. The molecule has 0 saturated carbocycles. The van der Waals surface area contributed by atoms with E-state index in [1.54, 1.807) is 37.3 Å². The van der Waals surface area contributed by atoms with Gasteiger partial charge >= 0.3 is 5.69 Å². The lowest BCUT2D eigenvalue weighted by Gasteiger charge is -2.03. The molecule has 0 fully saturated rings. The van der Waals surface area contributed by atoms with Gasteiger partial charge in [0.05, 0.1) is 5.69 Å². The molecule has 1 heterocycles. The van der Waals surface area contributed by atoms with Crippen LogP contribution in [-0.2, 0) is 0 Å². The van der Waals surface area contributed by atoms with Gasteiger partial charge in [-0.05, 0) is 13.0 Å². The van der Waals surface area contributed by atoms with E-state index in [0.29, 0.717) is 16.8 Å². The van der Waals surface area contributed by atoms with Gasteiger partial charge in [-0.3, -0.25) is 4.79 Å². The van der Waals surface area contributed by atoms with E-state index in [2.05, 4.69) is 9.97 Å². The molecular weight excluding hydrogens is 204 g/mol. The van der Waals surface area contributed by atoms with Gasteiger partial charge in [-0.2, -0.15) is 4.98 Å². The highest BCUT2D eigenvalue weighted by Gasteiger charge is 2.06. The third kappa shape index (κ3) is 1.91. The van der Waals surface area contributed by atoms with Gasteiger partial charge in [-0.25, -0.2) is 4.79 Å². The van der Waals surface area contributed by atoms with Crippen LogP contribution >= 0.6 is 0 Å². The molecule has 0 radical (unpaired) electrons. The first-order valence-corrected chi connectivity index (χ1v) is 4.83. The molecular formula is C12H10N2O2. The molecule has 1 aromatic carbocycles. The minimum Gasteiger partial charge on any atom is -0.310 e. The Labute approximate surface area is 92.0 Å². The summed E-state index contributed by atoms with van der Waals surface area (Å²) in [4.78, 5) is 28.5. The molecule has 0 saturated heterocycles. The molecule has 16 heavy (non-hydrogen) atoms. The van der Waals surface area contributed by atoms with Crippen LogP contribution < -0.4 is 5.69 Å². The van der Waals surface area contributed by atoms with E-state index in [1.807, 2.05) is 0 Å². The second-order valence-corrected chi connectivity index (χ2v) is 3.46. The summed E-state index contributed by atoms with van der Waals surface area (Å²) in [5, 5.41) is 0. The molecule has 80 valence electrons. The summed E-state index contributed by atoms with van der Waals surface area (Å²) in [5.41, 5.74) is 2.03. The van der Waals surface area contributed by atoms with Crippen LogP contribution in [0.15, 0.2) is 35.1 Å². The van der Waals surface area contributed by atoms with Crippen molar-refractivity contribution in [3.8, 4) is 11.3 Å². The third-order valence-electron chi connectivity index (χ3n) is 2.24. The number of rotatable bonds is 2. The van der Waals surface area contributed by atoms with Crippen molar-refractivity contribution in [1.82, 2.24) is 9.97 Å². The Morgan fingerprint density at radius 1 is 1.31 bits per heavy atom. The molecule has 0 aliphatic rings. The molecule has 0 unspecified atom stereocenters. The summed E-state index contributed by atoms with van der Waals surface area (Å²) in [5.74, 6) is 0. The molecule has 0 spiro atoms. The molecule has 2 rings (SSSR count). The fourth-order valence-electron chi connectivity index (χ4n) is 1.55. The fourth-order valence-corrected chi connectivity index (χ4v) is 1.55. The van der Waals surface area contributed by atoms with Crippen LogP contribution in [0.4, 0.5) is 0 Å². The third-order valence-corrected chi connectivity index (χ3v) is 2.24. The lowest BCUT2D eigenvalue weighted by atomic mass is 10.1. The molecule has 0 atom stereocenters. The van der Waals surface area contributed by atoms with E-state index in [9.17, 15) is 9.59 Å². The zero-order valence-corrected chi connectivity index (χ0v) is 8.73. The number of benzene rings is 1. The molecule has 0 amide bonds. The lowest BCUT2D eigenvalue weighted by Crippen LogP contribution is -2.12. The highest BCUT2D eigenvalue weighted by Crippen LogP contribution is 2.19. The van der Waals surface area contributed by atoms with Gasteiger partial charge in [0.1, 0.15) is 0 Å². The second-order valence-electron chi connectivity index (χ2n) is 3.46. The zero-order valence-electron chi connectivity index (χ0n) is 8.73. The Kier molecular flexibility index (Phi) is 2.64. The number of carbonyl (C=O) groups is 1. The number of H-pyrrole nitrogens is 1. The molecule has 4 nitrogen and oxygen atoms in total. The Morgan fingerprint density at radius 2 is 2.06 bits per heavy atom. The summed E-state index contributed by atoms with van der Waals surface area (Å²) in [6, 6.07) is 8.78. The van der Waals surface area contributed by atoms with Crippen molar-refractivity contribution in [2.24, 2.45) is 0 Å². The second kappa shape index (κ2) is 4.10. The van der Waals surface area contributed by atoms with E-state index >= 15 is 0 Å². The Hall–Kier alpha value is -2.23. The van der Waals surface area contributed by atoms with Gasteiger partial charge in [0.2, 0.25) is 0 Å². The highest BCUT2D eigenvalue weighted by atomic mass is 16.1. The largest absolute Gasteiger partial charge is 0.345 e. The number of nitrogens with one attached hydrogen (secondary N) is 1. The molecule has 0 aliphatic carbocycles. The highest BCUT2D eigenvalue weighted by molar-refractivity contribution is 5.86. The van der Waals surface area contributed by atoms with Crippen LogP contribution in [0.2, 0.25) is 0 Å². The maximum absolute atomic E-state index is 11.2. The summed E-state index contributed by atoms with van der Waals surface area (Å²) in [6.45, 7) is 1.77. The molecule has 0 aliphatic heterocycles. The van der Waals surface area contributed by atoms with Crippen molar-refractivity contribution in [3.05, 3.63) is 52.1 Å². The monoisotopic (exact) mass is 214 g/mol. The fraction of sp³-hybridized carbons (Fsp3) is 0.0833. The summed E-state index contributed by atoms with van der Waals surface area (Å²) >= 11 is 0. The number of hydrogen-bond acceptors (Lipinski definition) is 3. The first-order valence-electron chi connectivity index (χ1n) is 4.83. The topological polar surface area (TPSA) is 62.8 Å². The number of aromatic nitrogens is 2. The van der Waals surface area contributed by atoms with Crippen LogP contribution in [0, 0.1) is 6.92 Å². The Morgan fingerprint density at radius 3 is 2.75 bits per heavy atom. The lowest BCUT2D eigenvalue weighted by molar-refractivity contribution is 0.112. The molecule has 1 aromatic heterocycles. The van der Waals surface area contributed by atoms with Crippen LogP contribution in [0.3, 0.4) is 0 Å². The SMILES string of the molecule is Cc1cc(-c2ccccc2C=O)nc(=O)[nH]1. The first kappa shape index (κ1) is 10.3.